The summed E-state index contributed by atoms with van der Waals surface area (Å²) in [6.07, 6.45) is -1.68. The average molecular weight is 357 g/mol. The second kappa shape index (κ2) is 8.99. The van der Waals surface area contributed by atoms with Crippen molar-refractivity contribution in [3.05, 3.63) is 22.7 Å². The molecule has 0 bridgehead atoms. The fourth-order valence-corrected chi connectivity index (χ4v) is 1.95. The smallest absolute Gasteiger partial charge is 0.450 e. The van der Waals surface area contributed by atoms with Crippen molar-refractivity contribution in [1.29, 1.82) is 0 Å². The SMILES string of the molecule is CCOC(=O)Nc1ccn(C2COC(COC(=O)OCC)O2)c(=O)n1. The summed E-state index contributed by atoms with van der Waals surface area (Å²) >= 11 is 0. The highest BCUT2D eigenvalue weighted by Crippen LogP contribution is 2.20. The van der Waals surface area contributed by atoms with Crippen LogP contribution in [0, 0.1) is 0 Å². The fraction of sp³-hybridized carbons (Fsp3) is 0.571. The number of anilines is 1. The quantitative estimate of drug-likeness (QED) is 0.737. The zero-order valence-corrected chi connectivity index (χ0v) is 13.8. The second-order valence-electron chi connectivity index (χ2n) is 4.70. The van der Waals surface area contributed by atoms with Gasteiger partial charge in [0.2, 0.25) is 0 Å². The molecule has 1 saturated heterocycles. The van der Waals surface area contributed by atoms with Crippen molar-refractivity contribution in [3.8, 4) is 0 Å². The van der Waals surface area contributed by atoms with E-state index in [1.165, 1.54) is 16.8 Å². The first-order chi connectivity index (χ1) is 12.0. The molecule has 25 heavy (non-hydrogen) atoms. The van der Waals surface area contributed by atoms with Crippen LogP contribution in [0.1, 0.15) is 20.1 Å². The molecule has 2 atom stereocenters. The van der Waals surface area contributed by atoms with Gasteiger partial charge in [-0.05, 0) is 19.9 Å². The normalized spacial score (nSPS) is 19.3. The highest BCUT2D eigenvalue weighted by atomic mass is 16.8. The number of carbonyl (C=O) groups excluding carboxylic acids is 2. The predicted molar refractivity (Wildman–Crippen MR) is 82.0 cm³/mol. The van der Waals surface area contributed by atoms with Crippen molar-refractivity contribution < 1.29 is 33.3 Å². The van der Waals surface area contributed by atoms with E-state index in [0.717, 1.165) is 0 Å². The number of amides is 1. The van der Waals surface area contributed by atoms with E-state index in [1.807, 2.05) is 0 Å². The molecule has 2 heterocycles. The molecule has 1 N–H and O–H groups in total. The molecule has 0 spiro atoms. The lowest BCUT2D eigenvalue weighted by molar-refractivity contribution is -0.108. The van der Waals surface area contributed by atoms with Crippen molar-refractivity contribution in [2.24, 2.45) is 0 Å². The summed E-state index contributed by atoms with van der Waals surface area (Å²) in [5, 5.41) is 2.33. The molecule has 1 aliphatic rings. The molecule has 11 heteroatoms. The van der Waals surface area contributed by atoms with Gasteiger partial charge in [-0.1, -0.05) is 0 Å². The summed E-state index contributed by atoms with van der Waals surface area (Å²) in [6.45, 7) is 3.61. The second-order valence-corrected chi connectivity index (χ2v) is 4.70. The molecule has 0 aliphatic carbocycles. The van der Waals surface area contributed by atoms with E-state index in [2.05, 4.69) is 15.0 Å². The van der Waals surface area contributed by atoms with Crippen LogP contribution in [0.25, 0.3) is 0 Å². The summed E-state index contributed by atoms with van der Waals surface area (Å²) in [5.41, 5.74) is -0.644. The van der Waals surface area contributed by atoms with Gasteiger partial charge in [-0.2, -0.15) is 4.98 Å². The monoisotopic (exact) mass is 357 g/mol. The first-order valence-corrected chi connectivity index (χ1v) is 7.63. The van der Waals surface area contributed by atoms with Gasteiger partial charge in [0.15, 0.2) is 12.5 Å². The molecular weight excluding hydrogens is 338 g/mol. The van der Waals surface area contributed by atoms with Crippen LogP contribution in [-0.2, 0) is 23.7 Å². The number of rotatable bonds is 6. The Balaban J connectivity index is 1.91. The largest absolute Gasteiger partial charge is 0.508 e. The molecule has 2 rings (SSSR count). The summed E-state index contributed by atoms with van der Waals surface area (Å²) in [6, 6.07) is 1.42. The number of nitrogens with zero attached hydrogens (tertiary/aromatic N) is 2. The Bertz CT molecular complexity index is 662. The highest BCUT2D eigenvalue weighted by Gasteiger charge is 2.29. The summed E-state index contributed by atoms with van der Waals surface area (Å²) < 4.78 is 26.1. The van der Waals surface area contributed by atoms with Crippen LogP contribution in [0.2, 0.25) is 0 Å². The standard InChI is InChI=1S/C14H19N3O8/c1-3-21-13(19)16-9-5-6-17(12(18)15-9)10-7-23-11(25-10)8-24-14(20)22-4-2/h5-6,10-11H,3-4,7-8H2,1-2H3,(H,15,16,18,19). The van der Waals surface area contributed by atoms with E-state index in [9.17, 15) is 14.4 Å². The van der Waals surface area contributed by atoms with Gasteiger partial charge in [-0.15, -0.1) is 0 Å². The van der Waals surface area contributed by atoms with Gasteiger partial charge in [0, 0.05) is 6.20 Å². The van der Waals surface area contributed by atoms with Crippen LogP contribution in [0.5, 0.6) is 0 Å². The average Bonchev–Trinajstić information content (AvgIpc) is 3.02. The fourth-order valence-electron chi connectivity index (χ4n) is 1.95. The predicted octanol–water partition coefficient (Wildman–Crippen LogP) is 0.856. The Labute approximate surface area is 142 Å². The third-order valence-electron chi connectivity index (χ3n) is 2.98. The van der Waals surface area contributed by atoms with E-state index in [4.69, 9.17) is 18.9 Å². The minimum absolute atomic E-state index is 0.0563. The van der Waals surface area contributed by atoms with Crippen LogP contribution in [0.15, 0.2) is 17.1 Å². The van der Waals surface area contributed by atoms with Crippen LogP contribution in [-0.4, -0.2) is 54.5 Å². The minimum atomic E-state index is -0.827. The molecule has 0 aromatic carbocycles. The zero-order valence-electron chi connectivity index (χ0n) is 13.8. The zero-order chi connectivity index (χ0) is 18.2. The summed E-state index contributed by atoms with van der Waals surface area (Å²) in [7, 11) is 0. The molecule has 138 valence electrons. The Morgan fingerprint density at radius 2 is 2.08 bits per heavy atom. The lowest BCUT2D eigenvalue weighted by Gasteiger charge is -2.13. The van der Waals surface area contributed by atoms with Crippen LogP contribution < -0.4 is 11.0 Å². The number of nitrogens with one attached hydrogen (secondary N) is 1. The first kappa shape index (κ1) is 18.7. The van der Waals surface area contributed by atoms with Gasteiger partial charge in [-0.25, -0.2) is 14.4 Å². The van der Waals surface area contributed by atoms with Gasteiger partial charge >= 0.3 is 17.9 Å². The summed E-state index contributed by atoms with van der Waals surface area (Å²) in [4.78, 5) is 38.2. The van der Waals surface area contributed by atoms with Crippen molar-refractivity contribution in [3.63, 3.8) is 0 Å². The third kappa shape index (κ3) is 5.43. The van der Waals surface area contributed by atoms with Crippen LogP contribution in [0.3, 0.4) is 0 Å². The molecule has 1 aliphatic heterocycles. The molecule has 1 fully saturated rings. The number of ether oxygens (including phenoxy) is 5. The molecule has 1 aromatic heterocycles. The van der Waals surface area contributed by atoms with Gasteiger partial charge in [0.05, 0.1) is 19.8 Å². The molecule has 1 aromatic rings. The van der Waals surface area contributed by atoms with E-state index in [1.54, 1.807) is 13.8 Å². The van der Waals surface area contributed by atoms with Gasteiger partial charge in [-0.3, -0.25) is 9.88 Å². The van der Waals surface area contributed by atoms with Crippen LogP contribution in [0.4, 0.5) is 15.4 Å². The molecule has 0 radical (unpaired) electrons. The van der Waals surface area contributed by atoms with Gasteiger partial charge in [0.25, 0.3) is 0 Å². The minimum Gasteiger partial charge on any atom is -0.450 e. The number of carbonyl (C=O) groups is 2. The Morgan fingerprint density at radius 3 is 2.76 bits per heavy atom. The Kier molecular flexibility index (Phi) is 6.71. The number of hydrogen-bond acceptors (Lipinski definition) is 9. The number of aromatic nitrogens is 2. The van der Waals surface area contributed by atoms with E-state index >= 15 is 0 Å². The van der Waals surface area contributed by atoms with E-state index in [-0.39, 0.29) is 32.2 Å². The topological polar surface area (TPSA) is 127 Å². The third-order valence-corrected chi connectivity index (χ3v) is 2.98. The lowest BCUT2D eigenvalue weighted by Crippen LogP contribution is -2.29. The van der Waals surface area contributed by atoms with Crippen molar-refractivity contribution in [2.45, 2.75) is 26.4 Å². The molecule has 1 amide bonds. The molecule has 11 nitrogen and oxygen atoms in total. The molecule has 2 unspecified atom stereocenters. The Morgan fingerprint density at radius 1 is 1.32 bits per heavy atom. The number of hydrogen-bond donors (Lipinski definition) is 1. The first-order valence-electron chi connectivity index (χ1n) is 7.63. The van der Waals surface area contributed by atoms with Crippen molar-refractivity contribution >= 4 is 18.1 Å². The van der Waals surface area contributed by atoms with Crippen molar-refractivity contribution in [1.82, 2.24) is 9.55 Å². The van der Waals surface area contributed by atoms with Gasteiger partial charge in [0.1, 0.15) is 12.4 Å². The molecular formula is C14H19N3O8. The highest BCUT2D eigenvalue weighted by molar-refractivity contribution is 5.83. The maximum Gasteiger partial charge on any atom is 0.508 e. The van der Waals surface area contributed by atoms with E-state index < -0.39 is 30.5 Å². The summed E-state index contributed by atoms with van der Waals surface area (Å²) in [5.74, 6) is 0.0563. The maximum absolute atomic E-state index is 12.0. The van der Waals surface area contributed by atoms with E-state index in [0.29, 0.717) is 0 Å². The van der Waals surface area contributed by atoms with Gasteiger partial charge < -0.3 is 23.7 Å². The lowest BCUT2D eigenvalue weighted by atomic mass is 10.5. The van der Waals surface area contributed by atoms with Crippen LogP contribution >= 0.6 is 0 Å². The van der Waals surface area contributed by atoms with Crippen molar-refractivity contribution in [2.75, 3.05) is 31.7 Å². The maximum atomic E-state index is 12.0. The Hall–Kier alpha value is -2.66. The molecule has 0 saturated carbocycles.